The number of likely N-dealkylation sites (tertiary alicyclic amines) is 1. The van der Waals surface area contributed by atoms with Crippen molar-refractivity contribution in [3.63, 3.8) is 0 Å². The summed E-state index contributed by atoms with van der Waals surface area (Å²) in [6.45, 7) is 3.50. The smallest absolute Gasteiger partial charge is 0.543 e. The Morgan fingerprint density at radius 1 is 1.15 bits per heavy atom. The van der Waals surface area contributed by atoms with Crippen LogP contribution in [0.2, 0.25) is 0 Å². The summed E-state index contributed by atoms with van der Waals surface area (Å²) in [6.07, 6.45) is 7.99. The van der Waals surface area contributed by atoms with Gasteiger partial charge in [0.05, 0.1) is 54.7 Å². The maximum absolute atomic E-state index is 12.9. The van der Waals surface area contributed by atoms with Crippen LogP contribution in [-0.2, 0) is 41.8 Å². The fourth-order valence-corrected chi connectivity index (χ4v) is 10.2. The number of carboxylic acid groups (broad SMARTS) is 2. The zero-order chi connectivity index (χ0) is 36.9. The first-order valence-electron chi connectivity index (χ1n) is 16.4. The van der Waals surface area contributed by atoms with Crippen LogP contribution in [0.3, 0.4) is 0 Å². The Morgan fingerprint density at radius 3 is 2.55 bits per heavy atom. The van der Waals surface area contributed by atoms with E-state index in [0.717, 1.165) is 72.7 Å². The Balaban J connectivity index is 0.000000196. The number of fused-ring (bicyclic) bond motifs is 3. The number of thioether (sulfide) groups is 2. The first-order chi connectivity index (χ1) is 24.9. The van der Waals surface area contributed by atoms with E-state index in [1.165, 1.54) is 45.8 Å². The van der Waals surface area contributed by atoms with Crippen LogP contribution in [-0.4, -0.2) is 121 Å². The van der Waals surface area contributed by atoms with Gasteiger partial charge in [-0.3, -0.25) is 24.2 Å². The van der Waals surface area contributed by atoms with Crippen molar-refractivity contribution in [2.45, 2.75) is 49.0 Å². The van der Waals surface area contributed by atoms with Crippen molar-refractivity contribution in [1.29, 1.82) is 0 Å². The van der Waals surface area contributed by atoms with E-state index in [1.54, 1.807) is 11.5 Å². The van der Waals surface area contributed by atoms with Crippen LogP contribution in [0.4, 0.5) is 5.13 Å². The molecule has 0 aliphatic carbocycles. The van der Waals surface area contributed by atoms with Gasteiger partial charge in [0.1, 0.15) is 42.0 Å². The Bertz CT molecular complexity index is 1980. The number of hydrogen-bond donors (Lipinski definition) is 2. The summed E-state index contributed by atoms with van der Waals surface area (Å²) in [7, 11) is 3.39. The van der Waals surface area contributed by atoms with Gasteiger partial charge < -0.3 is 44.7 Å². The molecule has 21 heteroatoms. The van der Waals surface area contributed by atoms with E-state index >= 15 is 0 Å². The molecule has 0 unspecified atom stereocenters. The zero-order valence-corrected chi connectivity index (χ0v) is 33.6. The molecular formula is C32H34N9NaO8S3. The Morgan fingerprint density at radius 2 is 1.91 bits per heavy atom. The number of nitrogen functional groups attached to an aromatic ring is 1. The van der Waals surface area contributed by atoms with Gasteiger partial charge in [-0.1, -0.05) is 5.16 Å². The molecule has 3 amide bonds. The number of aliphatic carboxylic acids is 2. The number of aromatic nitrogens is 3. The number of β-lactam (4-membered cyclic amide) rings is 2. The number of anilines is 1. The fourth-order valence-electron chi connectivity index (χ4n) is 7.18. The molecule has 0 spiro atoms. The van der Waals surface area contributed by atoms with Crippen molar-refractivity contribution in [3.05, 3.63) is 56.7 Å². The number of rotatable bonds is 9. The minimum atomic E-state index is -1.37. The molecule has 3 N–H and O–H groups in total. The van der Waals surface area contributed by atoms with Gasteiger partial charge >= 0.3 is 29.6 Å². The average Bonchev–Trinajstić information content (AvgIpc) is 3.94. The summed E-state index contributed by atoms with van der Waals surface area (Å²) in [6, 6.07) is -0.891. The normalized spacial score (nSPS) is 24.6. The second kappa shape index (κ2) is 15.6. The van der Waals surface area contributed by atoms with Crippen molar-refractivity contribution >= 4 is 81.4 Å². The number of carbonyl (C=O) groups is 5. The van der Waals surface area contributed by atoms with Gasteiger partial charge in [-0.2, -0.15) is 0 Å². The summed E-state index contributed by atoms with van der Waals surface area (Å²) >= 11 is 3.88. The molecule has 0 saturated carbocycles. The molecule has 0 aromatic carbocycles. The first kappa shape index (κ1) is 39.0. The van der Waals surface area contributed by atoms with Crippen LogP contribution in [0.1, 0.15) is 36.5 Å². The van der Waals surface area contributed by atoms with Gasteiger partial charge in [0.25, 0.3) is 17.7 Å². The quantitative estimate of drug-likeness (QED) is 0.0610. The van der Waals surface area contributed by atoms with Crippen LogP contribution in [0, 0.1) is 0 Å². The molecule has 8 heterocycles. The summed E-state index contributed by atoms with van der Waals surface area (Å²) < 4.78 is 2.85. The largest absolute Gasteiger partial charge is 1.00 e. The van der Waals surface area contributed by atoms with Crippen LogP contribution >= 0.6 is 34.9 Å². The number of amides is 3. The maximum Gasteiger partial charge on any atom is 1.00 e. The fraction of sp³-hybridized carbons (Fsp3) is 0.438. The number of aryl methyl sites for hydroxylation is 2. The predicted molar refractivity (Wildman–Crippen MR) is 187 cm³/mol. The third-order valence-corrected chi connectivity index (χ3v) is 12.7. The topological polar surface area (TPSA) is 228 Å². The van der Waals surface area contributed by atoms with Gasteiger partial charge in [-0.05, 0) is 17.9 Å². The number of nitrogens with one attached hydrogen (secondary N) is 1. The van der Waals surface area contributed by atoms with Crippen molar-refractivity contribution in [2.24, 2.45) is 5.16 Å². The van der Waals surface area contributed by atoms with E-state index in [1.807, 2.05) is 6.20 Å². The summed E-state index contributed by atoms with van der Waals surface area (Å²) in [5.74, 6) is -2.60. The van der Waals surface area contributed by atoms with E-state index < -0.39 is 35.2 Å². The van der Waals surface area contributed by atoms with Gasteiger partial charge in [0.15, 0.2) is 10.8 Å². The molecule has 274 valence electrons. The molecule has 17 nitrogen and oxygen atoms in total. The number of hydrogen-bond acceptors (Lipinski definition) is 15. The van der Waals surface area contributed by atoms with E-state index in [0.29, 0.717) is 23.4 Å². The van der Waals surface area contributed by atoms with Crippen LogP contribution < -0.4 is 50.8 Å². The van der Waals surface area contributed by atoms with E-state index in [4.69, 9.17) is 10.6 Å². The minimum absolute atomic E-state index is 0. The van der Waals surface area contributed by atoms with Crippen molar-refractivity contribution in [2.75, 3.05) is 45.3 Å². The molecule has 6 aliphatic rings. The molecule has 3 saturated heterocycles. The SMILES string of the molecule is CO/N=C(\C(=O)N[C@@H]1C(=O)N2C(C(=O)[O-])=C(C[N+]3(C)CCCC3)CS[C@H]12)c1csc(N)n1.O=C([O-])C1=CS[C@@H]2/C(=C\c3cn4c(n3)CCC4)C(=O)N12.[Na+]. The number of nitrogens with zero attached hydrogens (tertiary/aromatic N) is 7. The molecule has 0 radical (unpaired) electrons. The summed E-state index contributed by atoms with van der Waals surface area (Å²) in [4.78, 5) is 76.3. The van der Waals surface area contributed by atoms with Gasteiger partial charge in [0.2, 0.25) is 0 Å². The van der Waals surface area contributed by atoms with E-state index in [9.17, 15) is 34.2 Å². The van der Waals surface area contributed by atoms with E-state index in [2.05, 4.69) is 32.1 Å². The molecule has 3 atom stereocenters. The number of quaternary nitrogens is 1. The zero-order valence-electron chi connectivity index (χ0n) is 29.1. The summed E-state index contributed by atoms with van der Waals surface area (Å²) in [5.41, 5.74) is 7.71. The number of thiazole rings is 1. The molecule has 8 rings (SSSR count). The molecule has 53 heavy (non-hydrogen) atoms. The molecule has 3 fully saturated rings. The number of nitrogens with two attached hydrogens (primary N) is 1. The maximum atomic E-state index is 12.9. The number of carboxylic acids is 2. The molecule has 2 aromatic rings. The number of imidazole rings is 1. The van der Waals surface area contributed by atoms with Crippen LogP contribution in [0.15, 0.2) is 44.7 Å². The number of oxime groups is 1. The number of carbonyl (C=O) groups excluding carboxylic acids is 5. The monoisotopic (exact) mass is 791 g/mol. The van der Waals surface area contributed by atoms with Crippen LogP contribution in [0.25, 0.3) is 6.08 Å². The van der Waals surface area contributed by atoms with Crippen LogP contribution in [0.5, 0.6) is 0 Å². The summed E-state index contributed by atoms with van der Waals surface area (Å²) in [5, 5.41) is 31.7. The predicted octanol–water partition coefficient (Wildman–Crippen LogP) is -4.56. The Hall–Kier alpha value is -3.66. The molecule has 2 aromatic heterocycles. The Kier molecular flexibility index (Phi) is 11.5. The second-order valence-electron chi connectivity index (χ2n) is 13.2. The molecule has 6 aliphatic heterocycles. The van der Waals surface area contributed by atoms with Crippen molar-refractivity contribution in [1.82, 2.24) is 29.7 Å². The Labute approximate surface area is 338 Å². The molecular weight excluding hydrogens is 758 g/mol. The van der Waals surface area contributed by atoms with E-state index in [-0.39, 0.29) is 68.8 Å². The average molecular weight is 792 g/mol. The third-order valence-electron chi connectivity index (χ3n) is 9.63. The van der Waals surface area contributed by atoms with Gasteiger partial charge in [0, 0.05) is 48.7 Å². The standard InChI is InChI=1S/C19H24N6O5S2.C13H11N3O3S.Na/c1-25(5-3-4-6-25)7-10-8-31-17-13(16(27)24(17)14(10)18(28)29)22-15(26)12(23-30-2)11-9-32-19(20)21-11;17-11-8(12-16(11)9(6-20-12)13(18)19)4-7-5-15-3-1-2-10(15)14-7;/h9,13,17H,3-8H2,1-2H3,(H3-,20,21,22,26,28,29);4-6,12H,1-3H2,(H,18,19);/q;;+1/p-1/b23-12-;8-4-;/t13-,17-;12-;/m11./s1. The van der Waals surface area contributed by atoms with Gasteiger partial charge in [-0.25, -0.2) is 9.97 Å². The molecule has 0 bridgehead atoms. The van der Waals surface area contributed by atoms with Crippen molar-refractivity contribution in [3.8, 4) is 0 Å². The third kappa shape index (κ3) is 7.41. The van der Waals surface area contributed by atoms with Crippen molar-refractivity contribution < 1.29 is 73.1 Å². The minimum Gasteiger partial charge on any atom is -0.543 e. The first-order valence-corrected chi connectivity index (χ1v) is 19.3. The van der Waals surface area contributed by atoms with Gasteiger partial charge in [-0.15, -0.1) is 34.9 Å². The number of likely N-dealkylation sites (N-methyl/N-ethyl adjacent to an activating group) is 1. The second-order valence-corrected chi connectivity index (χ2v) is 16.1.